The normalized spacial score (nSPS) is 27.5. The number of rotatable bonds is 1. The van der Waals surface area contributed by atoms with Gasteiger partial charge in [0.05, 0.1) is 5.60 Å². The van der Waals surface area contributed by atoms with Crippen LogP contribution in [0.2, 0.25) is 0 Å². The molecule has 92 valence electrons. The smallest absolute Gasteiger partial charge is 0.123 e. The van der Waals surface area contributed by atoms with Crippen molar-refractivity contribution in [2.45, 2.75) is 50.0 Å². The minimum Gasteiger partial charge on any atom is -0.375 e. The van der Waals surface area contributed by atoms with Crippen LogP contribution >= 0.6 is 0 Å². The van der Waals surface area contributed by atoms with Crippen LogP contribution in [-0.2, 0) is 4.74 Å². The average Bonchev–Trinajstić information content (AvgIpc) is 2.78. The summed E-state index contributed by atoms with van der Waals surface area (Å²) in [5.74, 6) is 0.416. The van der Waals surface area contributed by atoms with E-state index in [1.165, 1.54) is 31.2 Å². The summed E-state index contributed by atoms with van der Waals surface area (Å²) in [5.41, 5.74) is 1.43. The van der Waals surface area contributed by atoms with E-state index in [1.807, 2.05) is 12.1 Å². The van der Waals surface area contributed by atoms with Crippen LogP contribution in [0.3, 0.4) is 0 Å². The predicted molar refractivity (Wildman–Crippen MR) is 65.5 cm³/mol. The molecular formula is C15H19FO. The SMILES string of the molecule is Fc1ccc([C@@H]2CCOC3(CCCC3)C2)cc1. The molecule has 0 aromatic heterocycles. The zero-order chi connectivity index (χ0) is 11.7. The Morgan fingerprint density at radius 2 is 1.82 bits per heavy atom. The highest BCUT2D eigenvalue weighted by Gasteiger charge is 2.40. The van der Waals surface area contributed by atoms with Crippen molar-refractivity contribution in [2.24, 2.45) is 0 Å². The Labute approximate surface area is 102 Å². The van der Waals surface area contributed by atoms with Gasteiger partial charge in [-0.2, -0.15) is 0 Å². The van der Waals surface area contributed by atoms with Gasteiger partial charge in [-0.3, -0.25) is 0 Å². The molecule has 2 heteroatoms. The molecule has 0 N–H and O–H groups in total. The molecular weight excluding hydrogens is 215 g/mol. The van der Waals surface area contributed by atoms with Gasteiger partial charge in [0.2, 0.25) is 0 Å². The molecule has 17 heavy (non-hydrogen) atoms. The highest BCUT2D eigenvalue weighted by molar-refractivity contribution is 5.21. The van der Waals surface area contributed by atoms with E-state index in [-0.39, 0.29) is 11.4 Å². The second-order valence-electron chi connectivity index (χ2n) is 5.48. The average molecular weight is 234 g/mol. The number of hydrogen-bond donors (Lipinski definition) is 0. The molecule has 1 saturated heterocycles. The molecule has 1 aromatic rings. The van der Waals surface area contributed by atoms with Crippen LogP contribution in [0.5, 0.6) is 0 Å². The first kappa shape index (κ1) is 11.2. The van der Waals surface area contributed by atoms with Gasteiger partial charge in [-0.25, -0.2) is 4.39 Å². The van der Waals surface area contributed by atoms with Crippen molar-refractivity contribution in [2.75, 3.05) is 6.61 Å². The molecule has 1 spiro atoms. The maximum atomic E-state index is 12.9. The van der Waals surface area contributed by atoms with Gasteiger partial charge >= 0.3 is 0 Å². The lowest BCUT2D eigenvalue weighted by atomic mass is 9.81. The molecule has 1 aliphatic carbocycles. The van der Waals surface area contributed by atoms with E-state index in [9.17, 15) is 4.39 Å². The van der Waals surface area contributed by atoms with Gasteiger partial charge < -0.3 is 4.74 Å². The van der Waals surface area contributed by atoms with Gasteiger partial charge in [-0.1, -0.05) is 25.0 Å². The van der Waals surface area contributed by atoms with Crippen LogP contribution in [0.15, 0.2) is 24.3 Å². The zero-order valence-corrected chi connectivity index (χ0v) is 10.1. The third-order valence-corrected chi connectivity index (χ3v) is 4.35. The Bertz CT molecular complexity index is 378. The Morgan fingerprint density at radius 3 is 2.53 bits per heavy atom. The second kappa shape index (κ2) is 4.41. The van der Waals surface area contributed by atoms with E-state index in [0.717, 1.165) is 19.4 Å². The Morgan fingerprint density at radius 1 is 1.12 bits per heavy atom. The van der Waals surface area contributed by atoms with Crippen molar-refractivity contribution in [3.63, 3.8) is 0 Å². The standard InChI is InChI=1S/C15H19FO/c16-14-5-3-12(4-6-14)13-7-10-17-15(11-13)8-1-2-9-15/h3-6,13H,1-2,7-11H2/t13-/m1/s1. The predicted octanol–water partition coefficient (Wildman–Crippen LogP) is 4.03. The summed E-state index contributed by atoms with van der Waals surface area (Å²) in [6, 6.07) is 7.03. The van der Waals surface area contributed by atoms with Crippen LogP contribution < -0.4 is 0 Å². The van der Waals surface area contributed by atoms with Gasteiger partial charge in [0, 0.05) is 6.61 Å². The first-order valence-corrected chi connectivity index (χ1v) is 6.67. The fraction of sp³-hybridized carbons (Fsp3) is 0.600. The van der Waals surface area contributed by atoms with Crippen molar-refractivity contribution < 1.29 is 9.13 Å². The van der Waals surface area contributed by atoms with E-state index in [4.69, 9.17) is 4.74 Å². The third kappa shape index (κ3) is 2.23. The van der Waals surface area contributed by atoms with Crippen LogP contribution in [0.1, 0.15) is 50.0 Å². The van der Waals surface area contributed by atoms with Gasteiger partial charge in [0.25, 0.3) is 0 Å². The van der Waals surface area contributed by atoms with Crippen molar-refractivity contribution in [3.8, 4) is 0 Å². The first-order chi connectivity index (χ1) is 8.27. The Hall–Kier alpha value is -0.890. The summed E-state index contributed by atoms with van der Waals surface area (Å²) in [7, 11) is 0. The van der Waals surface area contributed by atoms with Crippen LogP contribution in [0.4, 0.5) is 4.39 Å². The van der Waals surface area contributed by atoms with Crippen molar-refractivity contribution in [1.29, 1.82) is 0 Å². The molecule has 2 fully saturated rings. The van der Waals surface area contributed by atoms with Crippen LogP contribution in [0, 0.1) is 5.82 Å². The van der Waals surface area contributed by atoms with Gasteiger partial charge in [-0.15, -0.1) is 0 Å². The fourth-order valence-electron chi connectivity index (χ4n) is 3.41. The van der Waals surface area contributed by atoms with Gasteiger partial charge in [-0.05, 0) is 49.3 Å². The van der Waals surface area contributed by atoms with Gasteiger partial charge in [0.15, 0.2) is 0 Å². The molecule has 1 nitrogen and oxygen atoms in total. The minimum absolute atomic E-state index is 0.142. The topological polar surface area (TPSA) is 9.23 Å². The molecule has 1 saturated carbocycles. The number of hydrogen-bond acceptors (Lipinski definition) is 1. The Balaban J connectivity index is 1.77. The lowest BCUT2D eigenvalue weighted by Gasteiger charge is -2.38. The van der Waals surface area contributed by atoms with Crippen LogP contribution in [0.25, 0.3) is 0 Å². The van der Waals surface area contributed by atoms with Crippen molar-refractivity contribution in [3.05, 3.63) is 35.6 Å². The second-order valence-corrected chi connectivity index (χ2v) is 5.48. The molecule has 0 amide bonds. The van der Waals surface area contributed by atoms with Crippen molar-refractivity contribution in [1.82, 2.24) is 0 Å². The molecule has 1 heterocycles. The molecule has 1 aliphatic heterocycles. The third-order valence-electron chi connectivity index (χ3n) is 4.35. The molecule has 3 rings (SSSR count). The number of ether oxygens (including phenoxy) is 1. The zero-order valence-electron chi connectivity index (χ0n) is 10.1. The minimum atomic E-state index is -0.142. The summed E-state index contributed by atoms with van der Waals surface area (Å²) in [6.07, 6.45) is 7.23. The largest absolute Gasteiger partial charge is 0.375 e. The fourth-order valence-corrected chi connectivity index (χ4v) is 3.41. The summed E-state index contributed by atoms with van der Waals surface area (Å²) >= 11 is 0. The molecule has 0 unspecified atom stereocenters. The summed E-state index contributed by atoms with van der Waals surface area (Å²) < 4.78 is 19.0. The quantitative estimate of drug-likeness (QED) is 0.712. The van der Waals surface area contributed by atoms with E-state index >= 15 is 0 Å². The summed E-state index contributed by atoms with van der Waals surface area (Å²) in [6.45, 7) is 0.863. The highest BCUT2D eigenvalue weighted by atomic mass is 19.1. The highest BCUT2D eigenvalue weighted by Crippen LogP contribution is 2.45. The number of benzene rings is 1. The van der Waals surface area contributed by atoms with E-state index < -0.39 is 0 Å². The summed E-state index contributed by atoms with van der Waals surface area (Å²) in [4.78, 5) is 0. The van der Waals surface area contributed by atoms with E-state index in [2.05, 4.69) is 0 Å². The van der Waals surface area contributed by atoms with Crippen LogP contribution in [-0.4, -0.2) is 12.2 Å². The molecule has 0 radical (unpaired) electrons. The lowest BCUT2D eigenvalue weighted by Crippen LogP contribution is -2.36. The molecule has 1 aromatic carbocycles. The Kier molecular flexibility index (Phi) is 2.91. The van der Waals surface area contributed by atoms with E-state index in [1.54, 1.807) is 12.1 Å². The van der Waals surface area contributed by atoms with Gasteiger partial charge in [0.1, 0.15) is 5.82 Å². The molecule has 2 aliphatic rings. The maximum absolute atomic E-state index is 12.9. The lowest BCUT2D eigenvalue weighted by molar-refractivity contribution is -0.0804. The monoisotopic (exact) mass is 234 g/mol. The molecule has 1 atom stereocenters. The summed E-state index contributed by atoms with van der Waals surface area (Å²) in [5, 5.41) is 0. The maximum Gasteiger partial charge on any atom is 0.123 e. The first-order valence-electron chi connectivity index (χ1n) is 6.67. The molecule has 0 bridgehead atoms. The number of halogens is 1. The van der Waals surface area contributed by atoms with Crippen molar-refractivity contribution >= 4 is 0 Å². The van der Waals surface area contributed by atoms with E-state index in [0.29, 0.717) is 5.92 Å².